The summed E-state index contributed by atoms with van der Waals surface area (Å²) in [4.78, 5) is 24.7. The smallest absolute Gasteiger partial charge is 0.321 e. The molecule has 1 atom stereocenters. The summed E-state index contributed by atoms with van der Waals surface area (Å²) in [6.45, 7) is 4.44. The van der Waals surface area contributed by atoms with E-state index in [1.807, 2.05) is 11.8 Å². The number of rotatable bonds is 5. The Balaban J connectivity index is 2.13. The second kappa shape index (κ2) is 7.24. The molecule has 4 N–H and O–H groups in total. The quantitative estimate of drug-likeness (QED) is 0.575. The van der Waals surface area contributed by atoms with Gasteiger partial charge >= 0.3 is 6.03 Å². The van der Waals surface area contributed by atoms with E-state index in [9.17, 15) is 9.59 Å². The molecular weight excluding hydrogens is 220 g/mol. The average molecular weight is 242 g/mol. The molecule has 0 aliphatic carbocycles. The summed E-state index contributed by atoms with van der Waals surface area (Å²) in [5.41, 5.74) is 5.73. The molecule has 6 nitrogen and oxygen atoms in total. The molecule has 0 saturated carbocycles. The van der Waals surface area contributed by atoms with Crippen LogP contribution in [0.1, 0.15) is 26.2 Å². The maximum atomic E-state index is 11.5. The summed E-state index contributed by atoms with van der Waals surface area (Å²) in [5.74, 6) is -0.270. The number of imide groups is 1. The second-order valence-electron chi connectivity index (χ2n) is 4.44. The van der Waals surface area contributed by atoms with Crippen LogP contribution in [0.3, 0.4) is 0 Å². The lowest BCUT2D eigenvalue weighted by Crippen LogP contribution is -2.44. The monoisotopic (exact) mass is 242 g/mol. The summed E-state index contributed by atoms with van der Waals surface area (Å²) < 4.78 is 0. The number of urea groups is 1. The average Bonchev–Trinajstić information content (AvgIpc) is 2.64. The van der Waals surface area contributed by atoms with Crippen molar-refractivity contribution in [3.8, 4) is 0 Å². The van der Waals surface area contributed by atoms with Crippen LogP contribution in [0.25, 0.3) is 0 Å². The molecule has 3 amide bonds. The standard InChI is InChI=1S/C11H22N4O2/c1-2-3-5-13-11(17)14-10(16)8-15-6-4-9(12)7-15/h9H,2-8,12H2,1H3,(H2,13,14,16,17)/t9-/m0/s1. The molecule has 1 fully saturated rings. The van der Waals surface area contributed by atoms with Crippen LogP contribution in [0.5, 0.6) is 0 Å². The predicted octanol–water partition coefficient (Wildman–Crippen LogP) is -0.355. The van der Waals surface area contributed by atoms with Gasteiger partial charge in [-0.25, -0.2) is 4.79 Å². The molecule has 1 aliphatic rings. The van der Waals surface area contributed by atoms with Gasteiger partial charge in [0.25, 0.3) is 0 Å². The van der Waals surface area contributed by atoms with Crippen LogP contribution in [0, 0.1) is 0 Å². The van der Waals surface area contributed by atoms with Gasteiger partial charge < -0.3 is 11.1 Å². The van der Waals surface area contributed by atoms with E-state index in [4.69, 9.17) is 5.73 Å². The van der Waals surface area contributed by atoms with Crippen LogP contribution in [0.2, 0.25) is 0 Å². The summed E-state index contributed by atoms with van der Waals surface area (Å²) in [5, 5.41) is 4.94. The van der Waals surface area contributed by atoms with Gasteiger partial charge in [0.15, 0.2) is 0 Å². The summed E-state index contributed by atoms with van der Waals surface area (Å²) in [6.07, 6.45) is 2.85. The predicted molar refractivity (Wildman–Crippen MR) is 65.5 cm³/mol. The lowest BCUT2D eigenvalue weighted by atomic mass is 10.3. The van der Waals surface area contributed by atoms with E-state index < -0.39 is 6.03 Å². The van der Waals surface area contributed by atoms with Gasteiger partial charge in [0.2, 0.25) is 5.91 Å². The van der Waals surface area contributed by atoms with Crippen LogP contribution in [0.15, 0.2) is 0 Å². The minimum Gasteiger partial charge on any atom is -0.338 e. The molecule has 0 bridgehead atoms. The topological polar surface area (TPSA) is 87.5 Å². The van der Waals surface area contributed by atoms with Crippen molar-refractivity contribution in [2.24, 2.45) is 5.73 Å². The summed E-state index contributed by atoms with van der Waals surface area (Å²) >= 11 is 0. The highest BCUT2D eigenvalue weighted by molar-refractivity contribution is 5.95. The molecule has 98 valence electrons. The third kappa shape index (κ3) is 5.65. The largest absolute Gasteiger partial charge is 0.338 e. The molecule has 0 spiro atoms. The fourth-order valence-electron chi connectivity index (χ4n) is 1.80. The van der Waals surface area contributed by atoms with Gasteiger partial charge in [-0.2, -0.15) is 0 Å². The third-order valence-electron chi connectivity index (χ3n) is 2.74. The Morgan fingerprint density at radius 3 is 2.82 bits per heavy atom. The number of nitrogens with one attached hydrogen (secondary N) is 2. The maximum absolute atomic E-state index is 11.5. The van der Waals surface area contributed by atoms with E-state index >= 15 is 0 Å². The first-order chi connectivity index (χ1) is 8.11. The van der Waals surface area contributed by atoms with Crippen molar-refractivity contribution in [3.05, 3.63) is 0 Å². The van der Waals surface area contributed by atoms with Gasteiger partial charge in [0.05, 0.1) is 6.54 Å². The molecule has 17 heavy (non-hydrogen) atoms. The van der Waals surface area contributed by atoms with E-state index in [2.05, 4.69) is 10.6 Å². The molecule has 6 heteroatoms. The highest BCUT2D eigenvalue weighted by atomic mass is 16.2. The van der Waals surface area contributed by atoms with Crippen LogP contribution in [-0.2, 0) is 4.79 Å². The number of hydrogen-bond donors (Lipinski definition) is 3. The van der Waals surface area contributed by atoms with Gasteiger partial charge in [0.1, 0.15) is 0 Å². The Hall–Kier alpha value is -1.14. The number of unbranched alkanes of at least 4 members (excludes halogenated alkanes) is 1. The first kappa shape index (κ1) is 13.9. The molecule has 0 radical (unpaired) electrons. The summed E-state index contributed by atoms with van der Waals surface area (Å²) in [7, 11) is 0. The zero-order valence-corrected chi connectivity index (χ0v) is 10.4. The van der Waals surface area contributed by atoms with Crippen LogP contribution in [0.4, 0.5) is 4.79 Å². The SMILES string of the molecule is CCCCNC(=O)NC(=O)CN1CC[C@H](N)C1. The molecule has 1 saturated heterocycles. The number of amides is 3. The minimum absolute atomic E-state index is 0.154. The zero-order chi connectivity index (χ0) is 12.7. The van der Waals surface area contributed by atoms with Gasteiger partial charge in [0, 0.05) is 25.7 Å². The fraction of sp³-hybridized carbons (Fsp3) is 0.818. The Morgan fingerprint density at radius 1 is 1.47 bits per heavy atom. The molecule has 0 aromatic rings. The van der Waals surface area contributed by atoms with Gasteiger partial charge in [-0.15, -0.1) is 0 Å². The number of hydrogen-bond acceptors (Lipinski definition) is 4. The first-order valence-electron chi connectivity index (χ1n) is 6.17. The number of nitrogens with two attached hydrogens (primary N) is 1. The number of carbonyl (C=O) groups excluding carboxylic acids is 2. The lowest BCUT2D eigenvalue weighted by molar-refractivity contribution is -0.120. The van der Waals surface area contributed by atoms with Crippen LogP contribution >= 0.6 is 0 Å². The van der Waals surface area contributed by atoms with Crippen LogP contribution in [-0.4, -0.2) is 49.1 Å². The maximum Gasteiger partial charge on any atom is 0.321 e. The normalized spacial score (nSPS) is 20.2. The Morgan fingerprint density at radius 2 is 2.24 bits per heavy atom. The first-order valence-corrected chi connectivity index (χ1v) is 6.17. The van der Waals surface area contributed by atoms with Crippen molar-refractivity contribution >= 4 is 11.9 Å². The van der Waals surface area contributed by atoms with Gasteiger partial charge in [-0.1, -0.05) is 13.3 Å². The lowest BCUT2D eigenvalue weighted by Gasteiger charge is -2.14. The van der Waals surface area contributed by atoms with Crippen molar-refractivity contribution in [2.75, 3.05) is 26.2 Å². The van der Waals surface area contributed by atoms with E-state index in [0.717, 1.165) is 32.4 Å². The molecule has 0 unspecified atom stereocenters. The number of likely N-dealkylation sites (tertiary alicyclic amines) is 1. The highest BCUT2D eigenvalue weighted by Crippen LogP contribution is 2.05. The van der Waals surface area contributed by atoms with Crippen molar-refractivity contribution in [1.82, 2.24) is 15.5 Å². The highest BCUT2D eigenvalue weighted by Gasteiger charge is 2.21. The van der Waals surface area contributed by atoms with E-state index in [-0.39, 0.29) is 18.5 Å². The molecule has 1 rings (SSSR count). The summed E-state index contributed by atoms with van der Waals surface area (Å²) in [6, 6.07) is -0.256. The van der Waals surface area contributed by atoms with Crippen molar-refractivity contribution in [3.63, 3.8) is 0 Å². The zero-order valence-electron chi connectivity index (χ0n) is 10.4. The van der Waals surface area contributed by atoms with Crippen LogP contribution < -0.4 is 16.4 Å². The second-order valence-corrected chi connectivity index (χ2v) is 4.44. The van der Waals surface area contributed by atoms with E-state index in [1.54, 1.807) is 0 Å². The molecular formula is C11H22N4O2. The molecule has 1 aliphatic heterocycles. The molecule has 0 aromatic heterocycles. The third-order valence-corrected chi connectivity index (χ3v) is 2.74. The van der Waals surface area contributed by atoms with Crippen molar-refractivity contribution in [2.45, 2.75) is 32.2 Å². The number of carbonyl (C=O) groups is 2. The molecule has 0 aromatic carbocycles. The number of nitrogens with zero attached hydrogens (tertiary/aromatic N) is 1. The Bertz CT molecular complexity index is 270. The van der Waals surface area contributed by atoms with Crippen molar-refractivity contribution in [1.29, 1.82) is 0 Å². The van der Waals surface area contributed by atoms with Gasteiger partial charge in [-0.05, 0) is 12.8 Å². The molecule has 1 heterocycles. The minimum atomic E-state index is -0.410. The van der Waals surface area contributed by atoms with Gasteiger partial charge in [-0.3, -0.25) is 15.0 Å². The Labute approximate surface area is 102 Å². The Kier molecular flexibility index (Phi) is 5.93. The van der Waals surface area contributed by atoms with E-state index in [1.165, 1.54) is 0 Å². The van der Waals surface area contributed by atoms with E-state index in [0.29, 0.717) is 6.54 Å². The fourth-order valence-corrected chi connectivity index (χ4v) is 1.80. The van der Waals surface area contributed by atoms with Crippen molar-refractivity contribution < 1.29 is 9.59 Å².